The normalized spacial score (nSPS) is 19.0. The second-order valence-electron chi connectivity index (χ2n) is 8.21. The van der Waals surface area contributed by atoms with Gasteiger partial charge in [-0.05, 0) is 38.6 Å². The molecule has 27 heavy (non-hydrogen) atoms. The third-order valence-corrected chi connectivity index (χ3v) is 6.30. The maximum Gasteiger partial charge on any atom is 0.147 e. The zero-order valence-corrected chi connectivity index (χ0v) is 18.5. The van der Waals surface area contributed by atoms with Gasteiger partial charge in [0.25, 0.3) is 0 Å². The van der Waals surface area contributed by atoms with Gasteiger partial charge in [-0.25, -0.2) is 0 Å². The molecular formula is C25H26OSi. The van der Waals surface area contributed by atoms with E-state index in [1.165, 1.54) is 32.7 Å². The van der Waals surface area contributed by atoms with Gasteiger partial charge in [-0.2, -0.15) is 0 Å². The quantitative estimate of drug-likeness (QED) is 0.642. The maximum absolute atomic E-state index is 6.45. The van der Waals surface area contributed by atoms with E-state index in [9.17, 15) is 0 Å². The number of rotatable bonds is 3. The van der Waals surface area contributed by atoms with Crippen LogP contribution in [0.25, 0.3) is 22.8 Å². The van der Waals surface area contributed by atoms with Crippen LogP contribution in [0.4, 0.5) is 0 Å². The van der Waals surface area contributed by atoms with Crippen molar-refractivity contribution in [1.82, 2.24) is 0 Å². The molecule has 0 aliphatic heterocycles. The molecular weight excluding hydrogens is 344 g/mol. The van der Waals surface area contributed by atoms with Crippen molar-refractivity contribution in [3.05, 3.63) is 94.9 Å². The lowest BCUT2D eigenvalue weighted by molar-refractivity contribution is 0.0904. The van der Waals surface area contributed by atoms with E-state index < -0.39 is 5.60 Å². The van der Waals surface area contributed by atoms with Crippen LogP contribution in [-0.4, -0.2) is 16.1 Å². The molecule has 0 heterocycles. The SMILES string of the molecule is CC(C)(C)C1(O[SiH3])C=c2cccc(-c3ccccc3)c2=C1c1ccccc1. The van der Waals surface area contributed by atoms with E-state index in [4.69, 9.17) is 4.43 Å². The molecule has 0 radical (unpaired) electrons. The Bertz CT molecular complexity index is 1080. The molecule has 4 rings (SSSR count). The summed E-state index contributed by atoms with van der Waals surface area (Å²) in [6.45, 7) is 6.83. The Kier molecular flexibility index (Phi) is 4.41. The predicted octanol–water partition coefficient (Wildman–Crippen LogP) is 3.43. The first-order valence-electron chi connectivity index (χ1n) is 9.51. The highest BCUT2D eigenvalue weighted by molar-refractivity contribution is 6.01. The minimum Gasteiger partial charge on any atom is -0.414 e. The van der Waals surface area contributed by atoms with Crippen LogP contribution < -0.4 is 10.4 Å². The van der Waals surface area contributed by atoms with E-state index in [-0.39, 0.29) is 5.41 Å². The van der Waals surface area contributed by atoms with E-state index >= 15 is 0 Å². The van der Waals surface area contributed by atoms with E-state index in [2.05, 4.69) is 106 Å². The summed E-state index contributed by atoms with van der Waals surface area (Å²) in [5, 5.41) is 2.57. The molecule has 136 valence electrons. The van der Waals surface area contributed by atoms with E-state index in [0.29, 0.717) is 10.5 Å². The topological polar surface area (TPSA) is 9.23 Å². The third-order valence-electron chi connectivity index (χ3n) is 5.66. The van der Waals surface area contributed by atoms with E-state index in [1.807, 2.05) is 0 Å². The highest BCUT2D eigenvalue weighted by Crippen LogP contribution is 2.45. The molecule has 1 aliphatic carbocycles. The fourth-order valence-corrected chi connectivity index (χ4v) is 5.26. The molecule has 0 fully saturated rings. The predicted molar refractivity (Wildman–Crippen MR) is 118 cm³/mol. The van der Waals surface area contributed by atoms with Gasteiger partial charge in [0.15, 0.2) is 0 Å². The van der Waals surface area contributed by atoms with Gasteiger partial charge >= 0.3 is 0 Å². The number of benzene rings is 3. The molecule has 1 unspecified atom stereocenters. The first-order chi connectivity index (χ1) is 13.0. The minimum absolute atomic E-state index is 0.0626. The van der Waals surface area contributed by atoms with Crippen LogP contribution in [0.5, 0.6) is 0 Å². The molecule has 1 nitrogen and oxygen atoms in total. The first-order valence-corrected chi connectivity index (χ1v) is 10.3. The molecule has 0 N–H and O–H groups in total. The van der Waals surface area contributed by atoms with Crippen molar-refractivity contribution >= 4 is 22.1 Å². The number of hydrogen-bond donors (Lipinski definition) is 0. The fraction of sp³-hybridized carbons (Fsp3) is 0.200. The third kappa shape index (κ3) is 2.80. The summed E-state index contributed by atoms with van der Waals surface area (Å²) < 4.78 is 6.45. The van der Waals surface area contributed by atoms with Crippen LogP contribution >= 0.6 is 0 Å². The van der Waals surface area contributed by atoms with Crippen LogP contribution in [0.1, 0.15) is 26.3 Å². The average molecular weight is 371 g/mol. The van der Waals surface area contributed by atoms with Gasteiger partial charge in [0.1, 0.15) is 16.1 Å². The second-order valence-corrected chi connectivity index (χ2v) is 8.62. The zero-order chi connectivity index (χ0) is 19.1. The molecule has 0 spiro atoms. The molecule has 1 aliphatic rings. The van der Waals surface area contributed by atoms with Gasteiger partial charge in [0, 0.05) is 5.57 Å². The Hall–Kier alpha value is -2.42. The fourth-order valence-electron chi connectivity index (χ4n) is 4.33. The van der Waals surface area contributed by atoms with Crippen molar-refractivity contribution in [2.75, 3.05) is 0 Å². The summed E-state index contributed by atoms with van der Waals surface area (Å²) >= 11 is 0. The van der Waals surface area contributed by atoms with Gasteiger partial charge in [-0.1, -0.05) is 99.6 Å². The number of hydrogen-bond acceptors (Lipinski definition) is 1. The van der Waals surface area contributed by atoms with Crippen molar-refractivity contribution in [2.45, 2.75) is 26.4 Å². The van der Waals surface area contributed by atoms with Crippen LogP contribution in [0.15, 0.2) is 78.9 Å². The summed E-state index contributed by atoms with van der Waals surface area (Å²) in [5.41, 5.74) is 4.56. The molecule has 3 aromatic carbocycles. The largest absolute Gasteiger partial charge is 0.414 e. The van der Waals surface area contributed by atoms with Crippen LogP contribution in [0.3, 0.4) is 0 Å². The maximum atomic E-state index is 6.45. The van der Waals surface area contributed by atoms with Crippen molar-refractivity contribution in [3.63, 3.8) is 0 Å². The van der Waals surface area contributed by atoms with Crippen LogP contribution in [0.2, 0.25) is 0 Å². The minimum atomic E-state index is -0.423. The number of fused-ring (bicyclic) bond motifs is 1. The molecule has 2 heteroatoms. The lowest BCUT2D eigenvalue weighted by Crippen LogP contribution is -2.44. The summed E-state index contributed by atoms with van der Waals surface area (Å²) in [7, 11) is 0.675. The van der Waals surface area contributed by atoms with E-state index in [1.54, 1.807) is 0 Å². The Balaban J connectivity index is 2.19. The van der Waals surface area contributed by atoms with Crippen LogP contribution in [-0.2, 0) is 4.43 Å². The molecule has 0 amide bonds. The smallest absolute Gasteiger partial charge is 0.147 e. The van der Waals surface area contributed by atoms with Gasteiger partial charge in [-0.15, -0.1) is 0 Å². The Morgan fingerprint density at radius 3 is 1.89 bits per heavy atom. The Morgan fingerprint density at radius 2 is 1.33 bits per heavy atom. The first kappa shape index (κ1) is 18.0. The lowest BCUT2D eigenvalue weighted by Gasteiger charge is -2.42. The van der Waals surface area contributed by atoms with Crippen LogP contribution in [0, 0.1) is 5.41 Å². The second kappa shape index (κ2) is 6.63. The summed E-state index contributed by atoms with van der Waals surface area (Å²) in [6.07, 6.45) is 2.35. The molecule has 0 aromatic heterocycles. The van der Waals surface area contributed by atoms with E-state index in [0.717, 1.165) is 0 Å². The molecule has 1 atom stereocenters. The van der Waals surface area contributed by atoms with Crippen molar-refractivity contribution in [2.24, 2.45) is 5.41 Å². The van der Waals surface area contributed by atoms with Gasteiger partial charge in [0.2, 0.25) is 0 Å². The van der Waals surface area contributed by atoms with Gasteiger partial charge in [-0.3, -0.25) is 0 Å². The Morgan fingerprint density at radius 1 is 0.741 bits per heavy atom. The molecule has 3 aromatic rings. The molecule has 0 saturated heterocycles. The molecule has 0 saturated carbocycles. The highest BCUT2D eigenvalue weighted by atomic mass is 28.2. The highest BCUT2D eigenvalue weighted by Gasteiger charge is 2.46. The zero-order valence-electron chi connectivity index (χ0n) is 16.5. The summed E-state index contributed by atoms with van der Waals surface area (Å²) in [4.78, 5) is 0. The standard InChI is InChI=1S/C25H26OSi/c1-24(2,3)25(26-27)17-20-15-10-16-21(18-11-6-4-7-12-18)22(20)23(25)19-13-8-5-9-14-19/h4-17H,1-3,27H3. The van der Waals surface area contributed by atoms with Crippen molar-refractivity contribution in [1.29, 1.82) is 0 Å². The Labute approximate surface area is 164 Å². The molecule has 0 bridgehead atoms. The lowest BCUT2D eigenvalue weighted by atomic mass is 9.71. The average Bonchev–Trinajstić information content (AvgIpc) is 3.05. The van der Waals surface area contributed by atoms with Gasteiger partial charge < -0.3 is 4.43 Å². The van der Waals surface area contributed by atoms with Crippen molar-refractivity contribution < 1.29 is 4.43 Å². The summed E-state index contributed by atoms with van der Waals surface area (Å²) in [5.74, 6) is 0. The monoisotopic (exact) mass is 370 g/mol. The van der Waals surface area contributed by atoms with Crippen molar-refractivity contribution in [3.8, 4) is 11.1 Å². The summed E-state index contributed by atoms with van der Waals surface area (Å²) in [6, 6.07) is 28.0. The van der Waals surface area contributed by atoms with Gasteiger partial charge in [0.05, 0.1) is 0 Å².